The Morgan fingerprint density at radius 3 is 2.48 bits per heavy atom. The largest absolute Gasteiger partial charge is 0.494 e. The van der Waals surface area contributed by atoms with E-state index in [0.29, 0.717) is 41.0 Å². The number of amides is 2. The van der Waals surface area contributed by atoms with Crippen LogP contribution < -0.4 is 20.2 Å². The number of hydrazone groups is 1. The molecule has 154 valence electrons. The fourth-order valence-electron chi connectivity index (χ4n) is 2.24. The normalized spacial score (nSPS) is 10.6. The van der Waals surface area contributed by atoms with Crippen molar-refractivity contribution < 1.29 is 19.1 Å². The molecule has 0 atom stereocenters. The molecular formula is C21H24ClN3O4. The highest BCUT2D eigenvalue weighted by Crippen LogP contribution is 2.24. The number of halogens is 1. The van der Waals surface area contributed by atoms with Crippen LogP contribution in [0.4, 0.5) is 5.69 Å². The third-order valence-electron chi connectivity index (χ3n) is 3.72. The molecule has 0 saturated carbocycles. The summed E-state index contributed by atoms with van der Waals surface area (Å²) in [6, 6.07) is 11.9. The van der Waals surface area contributed by atoms with Crippen molar-refractivity contribution in [1.82, 2.24) is 5.43 Å². The molecular weight excluding hydrogens is 394 g/mol. The summed E-state index contributed by atoms with van der Waals surface area (Å²) < 4.78 is 10.9. The maximum atomic E-state index is 12.0. The van der Waals surface area contributed by atoms with Crippen molar-refractivity contribution in [2.45, 2.75) is 26.7 Å². The van der Waals surface area contributed by atoms with E-state index in [1.807, 2.05) is 6.92 Å². The zero-order valence-corrected chi connectivity index (χ0v) is 17.2. The lowest BCUT2D eigenvalue weighted by atomic mass is 10.2. The van der Waals surface area contributed by atoms with Crippen LogP contribution in [0.15, 0.2) is 47.6 Å². The van der Waals surface area contributed by atoms with E-state index in [9.17, 15) is 9.59 Å². The number of carbonyl (C=O) groups excluding carboxylic acids is 2. The molecule has 0 fully saturated rings. The van der Waals surface area contributed by atoms with Gasteiger partial charge in [0, 0.05) is 5.69 Å². The highest BCUT2D eigenvalue weighted by atomic mass is 35.5. The van der Waals surface area contributed by atoms with Gasteiger partial charge in [-0.15, -0.1) is 0 Å². The average Bonchev–Trinajstić information content (AvgIpc) is 2.71. The van der Waals surface area contributed by atoms with Crippen LogP contribution in [-0.4, -0.2) is 31.2 Å². The quantitative estimate of drug-likeness (QED) is 0.279. The fourth-order valence-corrected chi connectivity index (χ4v) is 2.49. The summed E-state index contributed by atoms with van der Waals surface area (Å²) in [5.74, 6) is -0.441. The average molecular weight is 418 g/mol. The van der Waals surface area contributed by atoms with E-state index in [4.69, 9.17) is 21.1 Å². The van der Waals surface area contributed by atoms with Crippen molar-refractivity contribution in [2.24, 2.45) is 5.10 Å². The second-order valence-electron chi connectivity index (χ2n) is 6.00. The second-order valence-corrected chi connectivity index (χ2v) is 6.41. The van der Waals surface area contributed by atoms with Gasteiger partial charge in [0.2, 0.25) is 0 Å². The highest BCUT2D eigenvalue weighted by molar-refractivity contribution is 6.39. The van der Waals surface area contributed by atoms with E-state index in [1.54, 1.807) is 42.5 Å². The molecule has 0 unspecified atom stereocenters. The first-order chi connectivity index (χ1) is 14.0. The molecule has 29 heavy (non-hydrogen) atoms. The topological polar surface area (TPSA) is 89.0 Å². The van der Waals surface area contributed by atoms with Crippen molar-refractivity contribution in [1.29, 1.82) is 0 Å². The molecule has 2 amide bonds. The van der Waals surface area contributed by atoms with Gasteiger partial charge in [-0.3, -0.25) is 9.59 Å². The maximum Gasteiger partial charge on any atom is 0.329 e. The molecule has 0 aliphatic rings. The molecule has 2 aromatic rings. The SMILES string of the molecule is CCCCOc1ccc(NC(=O)C(=O)N/N=C\c2ccc(OCC)c(Cl)c2)cc1. The predicted molar refractivity (Wildman–Crippen MR) is 114 cm³/mol. The molecule has 0 saturated heterocycles. The van der Waals surface area contributed by atoms with Gasteiger partial charge in [-0.25, -0.2) is 5.43 Å². The van der Waals surface area contributed by atoms with Gasteiger partial charge in [0.15, 0.2) is 0 Å². The molecule has 0 radical (unpaired) electrons. The molecule has 0 spiro atoms. The van der Waals surface area contributed by atoms with Crippen LogP contribution in [0.25, 0.3) is 0 Å². The standard InChI is InChI=1S/C21H24ClN3O4/c1-3-5-12-29-17-9-7-16(8-10-17)24-20(26)21(27)25-23-14-15-6-11-19(28-4-2)18(22)13-15/h6-11,13-14H,3-5,12H2,1-2H3,(H,24,26)(H,25,27)/b23-14-. The van der Waals surface area contributed by atoms with Crippen molar-refractivity contribution in [3.8, 4) is 11.5 Å². The summed E-state index contributed by atoms with van der Waals surface area (Å²) in [7, 11) is 0. The Bertz CT molecular complexity index is 854. The lowest BCUT2D eigenvalue weighted by Crippen LogP contribution is -2.32. The summed E-state index contributed by atoms with van der Waals surface area (Å²) in [6.07, 6.45) is 3.41. The minimum absolute atomic E-state index is 0.432. The number of nitrogens with one attached hydrogen (secondary N) is 2. The Balaban J connectivity index is 1.83. The molecule has 0 aromatic heterocycles. The van der Waals surface area contributed by atoms with E-state index < -0.39 is 11.8 Å². The Morgan fingerprint density at radius 2 is 1.83 bits per heavy atom. The van der Waals surface area contributed by atoms with Gasteiger partial charge in [-0.2, -0.15) is 5.10 Å². The molecule has 8 heteroatoms. The first-order valence-electron chi connectivity index (χ1n) is 9.33. The molecule has 0 aliphatic carbocycles. The van der Waals surface area contributed by atoms with Gasteiger partial charge in [-0.05, 0) is 61.4 Å². The van der Waals surface area contributed by atoms with Gasteiger partial charge >= 0.3 is 11.8 Å². The Kier molecular flexibility index (Phi) is 8.98. The lowest BCUT2D eigenvalue weighted by molar-refractivity contribution is -0.136. The Morgan fingerprint density at radius 1 is 1.07 bits per heavy atom. The van der Waals surface area contributed by atoms with Crippen molar-refractivity contribution >= 4 is 35.3 Å². The van der Waals surface area contributed by atoms with Gasteiger partial charge in [0.1, 0.15) is 11.5 Å². The monoisotopic (exact) mass is 417 g/mol. The zero-order chi connectivity index (χ0) is 21.1. The summed E-state index contributed by atoms with van der Waals surface area (Å²) >= 11 is 6.09. The van der Waals surface area contributed by atoms with Crippen LogP contribution in [0.1, 0.15) is 32.3 Å². The summed E-state index contributed by atoms with van der Waals surface area (Å²) in [6.45, 7) is 5.10. The fraction of sp³-hybridized carbons (Fsp3) is 0.286. The van der Waals surface area contributed by atoms with E-state index in [1.165, 1.54) is 6.21 Å². The molecule has 2 aromatic carbocycles. The number of unbranched alkanes of at least 4 members (excludes halogenated alkanes) is 1. The van der Waals surface area contributed by atoms with E-state index in [-0.39, 0.29) is 0 Å². The van der Waals surface area contributed by atoms with E-state index in [0.717, 1.165) is 12.8 Å². The third kappa shape index (κ3) is 7.46. The minimum atomic E-state index is -0.887. The summed E-state index contributed by atoms with van der Waals surface area (Å²) in [4.78, 5) is 23.8. The first-order valence-corrected chi connectivity index (χ1v) is 9.70. The highest BCUT2D eigenvalue weighted by Gasteiger charge is 2.13. The van der Waals surface area contributed by atoms with Crippen LogP contribution in [0.3, 0.4) is 0 Å². The number of anilines is 1. The lowest BCUT2D eigenvalue weighted by Gasteiger charge is -2.07. The molecule has 0 aliphatic heterocycles. The van der Waals surface area contributed by atoms with E-state index in [2.05, 4.69) is 22.8 Å². The molecule has 2 rings (SSSR count). The Hall–Kier alpha value is -3.06. The first kappa shape index (κ1) is 22.2. The third-order valence-corrected chi connectivity index (χ3v) is 4.02. The summed E-state index contributed by atoms with van der Waals surface area (Å²) in [5, 5.41) is 6.70. The number of ether oxygens (including phenoxy) is 2. The predicted octanol–water partition coefficient (Wildman–Crippen LogP) is 4.01. The van der Waals surface area contributed by atoms with Crippen LogP contribution in [0.2, 0.25) is 5.02 Å². The van der Waals surface area contributed by atoms with Crippen LogP contribution in [0, 0.1) is 0 Å². The van der Waals surface area contributed by atoms with Crippen molar-refractivity contribution in [3.05, 3.63) is 53.1 Å². The van der Waals surface area contributed by atoms with Crippen LogP contribution in [0.5, 0.6) is 11.5 Å². The van der Waals surface area contributed by atoms with Crippen LogP contribution >= 0.6 is 11.6 Å². The Labute approximate surface area is 175 Å². The number of benzene rings is 2. The molecule has 7 nitrogen and oxygen atoms in total. The second kappa shape index (κ2) is 11.7. The van der Waals surface area contributed by atoms with Gasteiger partial charge in [-0.1, -0.05) is 24.9 Å². The number of rotatable bonds is 9. The minimum Gasteiger partial charge on any atom is -0.494 e. The van der Waals surface area contributed by atoms with Gasteiger partial charge in [0.25, 0.3) is 0 Å². The summed E-state index contributed by atoms with van der Waals surface area (Å²) in [5.41, 5.74) is 3.31. The molecule has 0 heterocycles. The van der Waals surface area contributed by atoms with Crippen LogP contribution in [-0.2, 0) is 9.59 Å². The number of carbonyl (C=O) groups is 2. The number of nitrogens with zero attached hydrogens (tertiary/aromatic N) is 1. The number of hydrogen-bond acceptors (Lipinski definition) is 5. The molecule has 2 N–H and O–H groups in total. The van der Waals surface area contributed by atoms with Gasteiger partial charge in [0.05, 0.1) is 24.5 Å². The number of hydrogen-bond donors (Lipinski definition) is 2. The smallest absolute Gasteiger partial charge is 0.329 e. The van der Waals surface area contributed by atoms with Gasteiger partial charge < -0.3 is 14.8 Å². The van der Waals surface area contributed by atoms with E-state index >= 15 is 0 Å². The maximum absolute atomic E-state index is 12.0. The van der Waals surface area contributed by atoms with Crippen molar-refractivity contribution in [2.75, 3.05) is 18.5 Å². The van der Waals surface area contributed by atoms with Crippen molar-refractivity contribution in [3.63, 3.8) is 0 Å². The molecule has 0 bridgehead atoms. The zero-order valence-electron chi connectivity index (χ0n) is 16.4.